The molecule has 348 valence electrons. The maximum Gasteiger partial charge on any atom is 0.397 e. The monoisotopic (exact) mass is 864 g/mol. The molecule has 1 aliphatic rings. The zero-order valence-electron chi connectivity index (χ0n) is 36.7. The molecule has 8 unspecified atom stereocenters. The van der Waals surface area contributed by atoms with Gasteiger partial charge in [0.25, 0.3) is 0 Å². The highest BCUT2D eigenvalue weighted by molar-refractivity contribution is 7.80. The second-order valence-corrected chi connectivity index (χ2v) is 17.5. The van der Waals surface area contributed by atoms with Crippen LogP contribution in [0.3, 0.4) is 0 Å². The predicted molar refractivity (Wildman–Crippen MR) is 233 cm³/mol. The number of hydrogen-bond donors (Lipinski definition) is 7. The van der Waals surface area contributed by atoms with E-state index in [1.807, 2.05) is 0 Å². The van der Waals surface area contributed by atoms with Crippen molar-refractivity contribution in [2.24, 2.45) is 0 Å². The van der Waals surface area contributed by atoms with Crippen molar-refractivity contribution >= 4 is 16.3 Å². The number of unbranched alkanes of at least 4 members (excludes halogenated alkanes) is 24. The second-order valence-electron chi connectivity index (χ2n) is 16.5. The summed E-state index contributed by atoms with van der Waals surface area (Å²) < 4.78 is 47.4. The first-order valence-corrected chi connectivity index (χ1v) is 24.7. The zero-order valence-corrected chi connectivity index (χ0v) is 37.5. The van der Waals surface area contributed by atoms with E-state index in [1.165, 1.54) is 128 Å². The zero-order chi connectivity index (χ0) is 43.6. The molecule has 0 aromatic carbocycles. The first kappa shape index (κ1) is 55.6. The van der Waals surface area contributed by atoms with Crippen LogP contribution in [-0.2, 0) is 28.9 Å². The smallest absolute Gasteiger partial charge is 0.394 e. The summed E-state index contributed by atoms with van der Waals surface area (Å²) in [7, 11) is -5.12. The Bertz CT molecular complexity index is 1170. The number of allylic oxidation sites excluding steroid dienone is 3. The van der Waals surface area contributed by atoms with Crippen LogP contribution in [-0.4, -0.2) is 107 Å². The summed E-state index contributed by atoms with van der Waals surface area (Å²) in [6.07, 6.45) is 28.5. The molecule has 0 radical (unpaired) electrons. The largest absolute Gasteiger partial charge is 0.397 e. The molecule has 0 spiro atoms. The Kier molecular flexibility index (Phi) is 34.0. The number of hydrogen-bond acceptors (Lipinski definition) is 11. The molecule has 59 heavy (non-hydrogen) atoms. The number of ether oxygens (including phenoxy) is 2. The third-order valence-electron chi connectivity index (χ3n) is 11.1. The van der Waals surface area contributed by atoms with Crippen LogP contribution < -0.4 is 5.32 Å². The van der Waals surface area contributed by atoms with Gasteiger partial charge in [0.05, 0.1) is 25.4 Å². The van der Waals surface area contributed by atoms with Crippen LogP contribution in [0.2, 0.25) is 0 Å². The minimum absolute atomic E-state index is 0.239. The van der Waals surface area contributed by atoms with Crippen LogP contribution in [0.15, 0.2) is 24.3 Å². The Labute approximate surface area is 357 Å². The molecule has 1 saturated heterocycles. The van der Waals surface area contributed by atoms with Crippen LogP contribution in [0.4, 0.5) is 0 Å². The highest BCUT2D eigenvalue weighted by atomic mass is 32.3. The average Bonchev–Trinajstić information content (AvgIpc) is 3.20. The fraction of sp³-hybridized carbons (Fsp3) is 0.889. The van der Waals surface area contributed by atoms with Crippen LogP contribution in [0.5, 0.6) is 0 Å². The van der Waals surface area contributed by atoms with E-state index in [1.54, 1.807) is 6.08 Å². The van der Waals surface area contributed by atoms with E-state index in [4.69, 9.17) is 14.0 Å². The summed E-state index contributed by atoms with van der Waals surface area (Å²) >= 11 is 0. The van der Waals surface area contributed by atoms with Crippen LogP contribution in [0.1, 0.15) is 194 Å². The summed E-state index contributed by atoms with van der Waals surface area (Å²) in [6, 6.07) is -1.13. The van der Waals surface area contributed by atoms with Crippen LogP contribution in [0.25, 0.3) is 0 Å². The molecule has 0 saturated carbocycles. The molecule has 7 N–H and O–H groups in total. The predicted octanol–water partition coefficient (Wildman–Crippen LogP) is 7.91. The molecule has 0 aliphatic carbocycles. The Morgan fingerprint density at radius 2 is 1.14 bits per heavy atom. The number of carbonyl (C=O) groups excluding carboxylic acids is 1. The lowest BCUT2D eigenvalue weighted by molar-refractivity contribution is -0.298. The van der Waals surface area contributed by atoms with Crippen molar-refractivity contribution in [1.29, 1.82) is 0 Å². The molecule has 13 nitrogen and oxygen atoms in total. The van der Waals surface area contributed by atoms with Gasteiger partial charge in [-0.1, -0.05) is 186 Å². The molecule has 1 aliphatic heterocycles. The van der Waals surface area contributed by atoms with Crippen molar-refractivity contribution in [3.8, 4) is 0 Å². The number of nitrogens with one attached hydrogen (secondary N) is 1. The van der Waals surface area contributed by atoms with Gasteiger partial charge in [0.2, 0.25) is 5.91 Å². The van der Waals surface area contributed by atoms with Crippen LogP contribution in [0, 0.1) is 0 Å². The fourth-order valence-electron chi connectivity index (χ4n) is 7.36. The molecule has 1 amide bonds. The standard InChI is InChI=1S/C45H85NO12S/c1-3-5-7-9-11-13-15-16-17-18-19-20-21-22-23-24-26-27-29-31-33-38(48)37(46-44(52)39(49)34-32-30-28-25-14-12-10-8-6-4-2)36-56-45-42(51)43(58-59(53,54)55)41(50)40(35-47)57-45/h24,26,31,33,37-43,45,47-51H,3-23,25,27-30,32,34-36H2,1-2H3,(H,46,52)(H,53,54,55)/b26-24+,33-31+. The van der Waals surface area contributed by atoms with Crippen molar-refractivity contribution in [2.75, 3.05) is 13.2 Å². The van der Waals surface area contributed by atoms with Gasteiger partial charge >= 0.3 is 10.4 Å². The summed E-state index contributed by atoms with van der Waals surface area (Å²) in [6.45, 7) is 3.18. The van der Waals surface area contributed by atoms with Crippen molar-refractivity contribution in [3.63, 3.8) is 0 Å². The maximum absolute atomic E-state index is 13.1. The van der Waals surface area contributed by atoms with Gasteiger partial charge in [0.1, 0.15) is 30.5 Å². The molecule has 0 aromatic rings. The molecule has 8 atom stereocenters. The average molecular weight is 864 g/mol. The number of aliphatic hydroxyl groups is 5. The Balaban J connectivity index is 2.58. The summed E-state index contributed by atoms with van der Waals surface area (Å²) in [5.41, 5.74) is 0. The third-order valence-corrected chi connectivity index (χ3v) is 11.6. The molecular weight excluding hydrogens is 779 g/mol. The van der Waals surface area contributed by atoms with Crippen molar-refractivity contribution in [1.82, 2.24) is 5.32 Å². The lowest BCUT2D eigenvalue weighted by Gasteiger charge is -2.41. The number of rotatable bonds is 39. The molecule has 0 aromatic heterocycles. The minimum atomic E-state index is -5.12. The lowest BCUT2D eigenvalue weighted by atomic mass is 9.99. The Morgan fingerprint density at radius 1 is 0.678 bits per heavy atom. The Hall–Kier alpha value is -1.46. The first-order chi connectivity index (χ1) is 28.4. The number of amides is 1. The number of carbonyl (C=O) groups is 1. The normalized spacial score (nSPS) is 21.7. The van der Waals surface area contributed by atoms with Crippen molar-refractivity contribution < 1.29 is 57.0 Å². The molecule has 1 heterocycles. The van der Waals surface area contributed by atoms with E-state index >= 15 is 0 Å². The minimum Gasteiger partial charge on any atom is -0.394 e. The molecule has 14 heteroatoms. The van der Waals surface area contributed by atoms with E-state index in [9.17, 15) is 38.7 Å². The van der Waals surface area contributed by atoms with Gasteiger partial charge in [-0.15, -0.1) is 0 Å². The van der Waals surface area contributed by atoms with E-state index in [2.05, 4.69) is 35.5 Å². The summed E-state index contributed by atoms with van der Waals surface area (Å²) in [5.74, 6) is -0.713. The SMILES string of the molecule is CCCCCCCCCCCCCCCC/C=C/CC/C=C/C(O)C(COC1OC(CO)C(O)C(OS(=O)(=O)O)C1O)NC(=O)C(O)CCCCCCCCCCCC. The van der Waals surface area contributed by atoms with Crippen molar-refractivity contribution in [3.05, 3.63) is 24.3 Å². The van der Waals surface area contributed by atoms with Gasteiger partial charge in [-0.05, 0) is 32.1 Å². The highest BCUT2D eigenvalue weighted by Gasteiger charge is 2.48. The molecule has 1 fully saturated rings. The van der Waals surface area contributed by atoms with Crippen LogP contribution >= 0.6 is 0 Å². The maximum atomic E-state index is 13.1. The fourth-order valence-corrected chi connectivity index (χ4v) is 7.87. The van der Waals surface area contributed by atoms with Gasteiger partial charge in [0, 0.05) is 0 Å². The van der Waals surface area contributed by atoms with Gasteiger partial charge in [-0.2, -0.15) is 8.42 Å². The van der Waals surface area contributed by atoms with Gasteiger partial charge in [0.15, 0.2) is 6.29 Å². The molecular formula is C45H85NO12S. The molecule has 0 bridgehead atoms. The van der Waals surface area contributed by atoms with E-state index in [0.717, 1.165) is 38.5 Å². The van der Waals surface area contributed by atoms with E-state index in [0.29, 0.717) is 12.8 Å². The van der Waals surface area contributed by atoms with E-state index < -0.39 is 78.5 Å². The molecule has 1 rings (SSSR count). The third kappa shape index (κ3) is 28.7. The Morgan fingerprint density at radius 3 is 1.63 bits per heavy atom. The second kappa shape index (κ2) is 36.1. The quantitative estimate of drug-likeness (QED) is 0.0179. The summed E-state index contributed by atoms with van der Waals surface area (Å²) in [5, 5.41) is 55.1. The number of aliphatic hydroxyl groups excluding tert-OH is 5. The highest BCUT2D eigenvalue weighted by Crippen LogP contribution is 2.26. The van der Waals surface area contributed by atoms with Gasteiger partial charge in [-0.25, -0.2) is 4.18 Å². The van der Waals surface area contributed by atoms with Crippen molar-refractivity contribution in [2.45, 2.75) is 243 Å². The van der Waals surface area contributed by atoms with E-state index in [-0.39, 0.29) is 6.42 Å². The van der Waals surface area contributed by atoms with Gasteiger partial charge in [-0.3, -0.25) is 9.35 Å². The summed E-state index contributed by atoms with van der Waals surface area (Å²) in [4.78, 5) is 13.1. The lowest BCUT2D eigenvalue weighted by Crippen LogP contribution is -2.61. The first-order valence-electron chi connectivity index (χ1n) is 23.3. The topological polar surface area (TPSA) is 212 Å². The van der Waals surface area contributed by atoms with Gasteiger partial charge < -0.3 is 40.3 Å².